The van der Waals surface area contributed by atoms with Crippen LogP contribution in [0.25, 0.3) is 0 Å². The first kappa shape index (κ1) is 18.6. The largest absolute Gasteiger partial charge is 0.496 e. The van der Waals surface area contributed by atoms with Gasteiger partial charge in [0.05, 0.1) is 20.1 Å². The fourth-order valence-electron chi connectivity index (χ4n) is 2.78. The Bertz CT molecular complexity index is 638. The van der Waals surface area contributed by atoms with Crippen molar-refractivity contribution >= 4 is 17.8 Å². The average molecular weight is 350 g/mol. The Labute approximate surface area is 145 Å². The summed E-state index contributed by atoms with van der Waals surface area (Å²) >= 11 is 0. The molecule has 0 aromatic heterocycles. The van der Waals surface area contributed by atoms with Crippen molar-refractivity contribution < 1.29 is 28.6 Å². The second-order valence-corrected chi connectivity index (χ2v) is 5.69. The zero-order chi connectivity index (χ0) is 18.4. The molecule has 0 saturated carbocycles. The number of primary amides is 1. The van der Waals surface area contributed by atoms with E-state index in [1.807, 2.05) is 0 Å². The molecule has 2 N–H and O–H groups in total. The normalized spacial score (nSPS) is 16.9. The quantitative estimate of drug-likeness (QED) is 0.752. The van der Waals surface area contributed by atoms with E-state index in [9.17, 15) is 14.4 Å². The zero-order valence-electron chi connectivity index (χ0n) is 14.3. The molecule has 1 aliphatic heterocycles. The highest BCUT2D eigenvalue weighted by Gasteiger charge is 2.28. The lowest BCUT2D eigenvalue weighted by Crippen LogP contribution is -2.45. The molecule has 1 aliphatic rings. The summed E-state index contributed by atoms with van der Waals surface area (Å²) in [7, 11) is 2.85. The first-order valence-corrected chi connectivity index (χ1v) is 7.93. The Hall–Kier alpha value is -2.77. The summed E-state index contributed by atoms with van der Waals surface area (Å²) in [6.45, 7) is 0.341. The summed E-state index contributed by atoms with van der Waals surface area (Å²) in [5.41, 5.74) is 5.42. The van der Waals surface area contributed by atoms with Crippen LogP contribution in [-0.4, -0.2) is 56.6 Å². The van der Waals surface area contributed by atoms with Gasteiger partial charge in [-0.15, -0.1) is 0 Å². The van der Waals surface area contributed by atoms with Crippen LogP contribution in [-0.2, 0) is 14.3 Å². The molecule has 2 amide bonds. The van der Waals surface area contributed by atoms with Gasteiger partial charge in [0.15, 0.2) is 6.61 Å². The molecule has 1 heterocycles. The van der Waals surface area contributed by atoms with Gasteiger partial charge in [-0.25, -0.2) is 4.79 Å². The van der Waals surface area contributed by atoms with Crippen LogP contribution >= 0.6 is 0 Å². The summed E-state index contributed by atoms with van der Waals surface area (Å²) in [5.74, 6) is -1.28. The number of esters is 1. The van der Waals surface area contributed by atoms with Crippen LogP contribution in [0.2, 0.25) is 0 Å². The lowest BCUT2D eigenvalue weighted by molar-refractivity contribution is -0.137. The Kier molecular flexibility index (Phi) is 6.21. The van der Waals surface area contributed by atoms with Crippen molar-refractivity contribution in [3.8, 4) is 11.5 Å². The highest BCUT2D eigenvalue weighted by atomic mass is 16.5. The SMILES string of the molecule is COc1cccc(OC)c1C(=O)OCC(=O)N1CCC[C@H](C(N)=O)C1. The molecule has 0 bridgehead atoms. The van der Waals surface area contributed by atoms with Gasteiger partial charge >= 0.3 is 5.97 Å². The molecule has 1 fully saturated rings. The number of hydrogen-bond acceptors (Lipinski definition) is 6. The van der Waals surface area contributed by atoms with Crippen LogP contribution in [0.5, 0.6) is 11.5 Å². The Morgan fingerprint density at radius 3 is 2.40 bits per heavy atom. The third kappa shape index (κ3) is 4.40. The smallest absolute Gasteiger partial charge is 0.346 e. The van der Waals surface area contributed by atoms with Crippen molar-refractivity contribution in [2.75, 3.05) is 33.9 Å². The average Bonchev–Trinajstić information content (AvgIpc) is 2.64. The Morgan fingerprint density at radius 2 is 1.84 bits per heavy atom. The topological polar surface area (TPSA) is 108 Å². The summed E-state index contributed by atoms with van der Waals surface area (Å²) in [6.07, 6.45) is 1.35. The number of nitrogens with zero attached hydrogens (tertiary/aromatic N) is 1. The molecule has 0 aliphatic carbocycles. The minimum Gasteiger partial charge on any atom is -0.496 e. The summed E-state index contributed by atoms with van der Waals surface area (Å²) in [5, 5.41) is 0. The van der Waals surface area contributed by atoms with Gasteiger partial charge in [0, 0.05) is 13.1 Å². The van der Waals surface area contributed by atoms with Crippen molar-refractivity contribution in [1.29, 1.82) is 0 Å². The molecule has 136 valence electrons. The molecule has 0 radical (unpaired) electrons. The van der Waals surface area contributed by atoms with Crippen molar-refractivity contribution in [1.82, 2.24) is 4.90 Å². The third-order valence-electron chi connectivity index (χ3n) is 4.14. The van der Waals surface area contributed by atoms with E-state index in [2.05, 4.69) is 0 Å². The maximum atomic E-state index is 12.3. The lowest BCUT2D eigenvalue weighted by atomic mass is 9.97. The highest BCUT2D eigenvalue weighted by molar-refractivity contribution is 5.96. The van der Waals surface area contributed by atoms with Gasteiger partial charge in [0.1, 0.15) is 17.1 Å². The molecular weight excluding hydrogens is 328 g/mol. The van der Waals surface area contributed by atoms with Crippen molar-refractivity contribution in [2.24, 2.45) is 11.7 Å². The van der Waals surface area contributed by atoms with Crippen molar-refractivity contribution in [3.63, 3.8) is 0 Å². The number of methoxy groups -OCH3 is 2. The number of benzene rings is 1. The van der Waals surface area contributed by atoms with E-state index in [1.165, 1.54) is 19.1 Å². The number of hydrogen-bond donors (Lipinski definition) is 1. The van der Waals surface area contributed by atoms with Crippen molar-refractivity contribution in [3.05, 3.63) is 23.8 Å². The maximum Gasteiger partial charge on any atom is 0.346 e. The van der Waals surface area contributed by atoms with Crippen LogP contribution < -0.4 is 15.2 Å². The van der Waals surface area contributed by atoms with Gasteiger partial charge in [-0.2, -0.15) is 0 Å². The van der Waals surface area contributed by atoms with Gasteiger partial charge in [0.25, 0.3) is 5.91 Å². The van der Waals surface area contributed by atoms with Gasteiger partial charge in [-0.05, 0) is 25.0 Å². The molecule has 0 spiro atoms. The summed E-state index contributed by atoms with van der Waals surface area (Å²) in [4.78, 5) is 37.4. The second-order valence-electron chi connectivity index (χ2n) is 5.69. The van der Waals surface area contributed by atoms with Gasteiger partial charge in [-0.3, -0.25) is 9.59 Å². The predicted octanol–water partition coefficient (Wildman–Crippen LogP) is 0.584. The van der Waals surface area contributed by atoms with Crippen LogP contribution in [0, 0.1) is 5.92 Å². The molecule has 8 heteroatoms. The predicted molar refractivity (Wildman–Crippen MR) is 88.3 cm³/mol. The number of nitrogens with two attached hydrogens (primary N) is 1. The maximum absolute atomic E-state index is 12.3. The van der Waals surface area contributed by atoms with E-state index < -0.39 is 18.5 Å². The lowest BCUT2D eigenvalue weighted by Gasteiger charge is -2.31. The number of rotatable bonds is 6. The first-order chi connectivity index (χ1) is 12.0. The fourth-order valence-corrected chi connectivity index (χ4v) is 2.78. The Balaban J connectivity index is 2.00. The zero-order valence-corrected chi connectivity index (χ0v) is 14.3. The molecule has 0 unspecified atom stereocenters. The fraction of sp³-hybridized carbons (Fsp3) is 0.471. The molecule has 1 aromatic rings. The molecule has 1 atom stereocenters. The van der Waals surface area contributed by atoms with E-state index in [0.717, 1.165) is 0 Å². The van der Waals surface area contributed by atoms with Gasteiger partial charge < -0.3 is 24.8 Å². The molecule has 2 rings (SSSR count). The number of carbonyl (C=O) groups is 3. The van der Waals surface area contributed by atoms with Gasteiger partial charge in [-0.1, -0.05) is 6.07 Å². The van der Waals surface area contributed by atoms with E-state index >= 15 is 0 Å². The van der Waals surface area contributed by atoms with Gasteiger partial charge in [0.2, 0.25) is 5.91 Å². The minimum absolute atomic E-state index is 0.119. The van der Waals surface area contributed by atoms with Crippen molar-refractivity contribution in [2.45, 2.75) is 12.8 Å². The van der Waals surface area contributed by atoms with E-state index in [1.54, 1.807) is 18.2 Å². The molecular formula is C17H22N2O6. The van der Waals surface area contributed by atoms with E-state index in [4.69, 9.17) is 19.9 Å². The second kappa shape index (κ2) is 8.36. The van der Waals surface area contributed by atoms with E-state index in [0.29, 0.717) is 30.9 Å². The molecule has 1 aromatic carbocycles. The number of ether oxygens (including phenoxy) is 3. The monoisotopic (exact) mass is 350 g/mol. The van der Waals surface area contributed by atoms with Crippen LogP contribution in [0.15, 0.2) is 18.2 Å². The number of piperidine rings is 1. The molecule has 1 saturated heterocycles. The summed E-state index contributed by atoms with van der Waals surface area (Å²) < 4.78 is 15.4. The van der Waals surface area contributed by atoms with Crippen LogP contribution in [0.4, 0.5) is 0 Å². The molecule has 8 nitrogen and oxygen atoms in total. The standard InChI is InChI=1S/C17H22N2O6/c1-23-12-6-3-7-13(24-2)15(12)17(22)25-10-14(20)19-8-4-5-11(9-19)16(18)21/h3,6-7,11H,4-5,8-10H2,1-2H3,(H2,18,21)/t11-/m0/s1. The third-order valence-corrected chi connectivity index (χ3v) is 4.14. The first-order valence-electron chi connectivity index (χ1n) is 7.93. The number of likely N-dealkylation sites (tertiary alicyclic amines) is 1. The number of amides is 2. The Morgan fingerprint density at radius 1 is 1.20 bits per heavy atom. The highest BCUT2D eigenvalue weighted by Crippen LogP contribution is 2.29. The van der Waals surface area contributed by atoms with E-state index in [-0.39, 0.29) is 23.9 Å². The summed E-state index contributed by atoms with van der Waals surface area (Å²) in [6, 6.07) is 4.88. The minimum atomic E-state index is -0.717. The van der Waals surface area contributed by atoms with Crippen LogP contribution in [0.1, 0.15) is 23.2 Å². The number of carbonyl (C=O) groups excluding carboxylic acids is 3. The molecule has 25 heavy (non-hydrogen) atoms. The van der Waals surface area contributed by atoms with Crippen LogP contribution in [0.3, 0.4) is 0 Å².